The summed E-state index contributed by atoms with van der Waals surface area (Å²) in [6.07, 6.45) is 3.40. The van der Waals surface area contributed by atoms with Crippen LogP contribution < -0.4 is 0 Å². The molecular formula is C9H14N2O2S. The van der Waals surface area contributed by atoms with E-state index in [-0.39, 0.29) is 17.1 Å². The lowest BCUT2D eigenvalue weighted by atomic mass is 10.1. The van der Waals surface area contributed by atoms with Crippen molar-refractivity contribution in [1.29, 1.82) is 0 Å². The molecule has 0 aliphatic rings. The smallest absolute Gasteiger partial charge is 0.319 e. The van der Waals surface area contributed by atoms with Gasteiger partial charge in [0.2, 0.25) is 0 Å². The summed E-state index contributed by atoms with van der Waals surface area (Å²) in [4.78, 5) is 18.4. The van der Waals surface area contributed by atoms with E-state index < -0.39 is 0 Å². The number of nitrogens with one attached hydrogen (secondary N) is 1. The molecule has 0 bridgehead atoms. The summed E-state index contributed by atoms with van der Waals surface area (Å²) < 4.78 is 4.72. The number of H-pyrrole nitrogens is 1. The topological polar surface area (TPSA) is 55.0 Å². The average Bonchev–Trinajstić information content (AvgIpc) is 2.65. The van der Waals surface area contributed by atoms with Gasteiger partial charge in [-0.05, 0) is 5.92 Å². The second-order valence-electron chi connectivity index (χ2n) is 3.20. The fourth-order valence-corrected chi connectivity index (χ4v) is 1.97. The molecule has 0 aromatic carbocycles. The van der Waals surface area contributed by atoms with Crippen LogP contribution in [0.25, 0.3) is 0 Å². The highest BCUT2D eigenvalue weighted by Crippen LogP contribution is 2.25. The van der Waals surface area contributed by atoms with Gasteiger partial charge in [-0.15, -0.1) is 0 Å². The Labute approximate surface area is 87.4 Å². The molecule has 14 heavy (non-hydrogen) atoms. The molecule has 0 fully saturated rings. The van der Waals surface area contributed by atoms with Crippen molar-refractivity contribution in [2.75, 3.05) is 7.11 Å². The van der Waals surface area contributed by atoms with Crippen molar-refractivity contribution in [2.24, 2.45) is 5.92 Å². The Hall–Kier alpha value is -0.970. The van der Waals surface area contributed by atoms with Crippen LogP contribution in [0.3, 0.4) is 0 Å². The number of aromatic amines is 1. The lowest BCUT2D eigenvalue weighted by molar-refractivity contribution is -0.140. The fourth-order valence-electron chi connectivity index (χ4n) is 1.01. The van der Waals surface area contributed by atoms with Crippen LogP contribution in [-0.4, -0.2) is 28.3 Å². The summed E-state index contributed by atoms with van der Waals surface area (Å²) >= 11 is 1.39. The lowest BCUT2D eigenvalue weighted by Gasteiger charge is -2.15. The fraction of sp³-hybridized carbons (Fsp3) is 0.556. The first-order chi connectivity index (χ1) is 6.65. The van der Waals surface area contributed by atoms with Crippen LogP contribution in [-0.2, 0) is 9.53 Å². The van der Waals surface area contributed by atoms with Gasteiger partial charge in [-0.1, -0.05) is 25.6 Å². The van der Waals surface area contributed by atoms with E-state index in [1.807, 2.05) is 13.8 Å². The van der Waals surface area contributed by atoms with Gasteiger partial charge < -0.3 is 9.72 Å². The molecule has 1 rings (SSSR count). The molecule has 5 heteroatoms. The Morgan fingerprint density at radius 3 is 2.79 bits per heavy atom. The summed E-state index contributed by atoms with van der Waals surface area (Å²) in [6, 6.07) is 0. The molecule has 0 radical (unpaired) electrons. The Bertz CT molecular complexity index is 285. The van der Waals surface area contributed by atoms with Gasteiger partial charge in [0.05, 0.1) is 7.11 Å². The molecule has 0 saturated carbocycles. The molecule has 0 amide bonds. The molecule has 1 aromatic heterocycles. The van der Waals surface area contributed by atoms with E-state index in [2.05, 4.69) is 9.97 Å². The minimum Gasteiger partial charge on any atom is -0.468 e. The SMILES string of the molecule is COC(=O)C(Sc1ncc[nH]1)C(C)C. The molecular weight excluding hydrogens is 200 g/mol. The highest BCUT2D eigenvalue weighted by atomic mass is 32.2. The van der Waals surface area contributed by atoms with Gasteiger partial charge >= 0.3 is 5.97 Å². The number of methoxy groups -OCH3 is 1. The van der Waals surface area contributed by atoms with Crippen molar-refractivity contribution in [1.82, 2.24) is 9.97 Å². The van der Waals surface area contributed by atoms with E-state index in [4.69, 9.17) is 4.74 Å². The molecule has 0 aliphatic heterocycles. The predicted octanol–water partition coefficient (Wildman–Crippen LogP) is 1.70. The molecule has 0 aliphatic carbocycles. The van der Waals surface area contributed by atoms with E-state index in [0.29, 0.717) is 0 Å². The largest absolute Gasteiger partial charge is 0.468 e. The number of rotatable bonds is 4. The van der Waals surface area contributed by atoms with Crippen molar-refractivity contribution in [3.63, 3.8) is 0 Å². The standard InChI is InChI=1S/C9H14N2O2S/c1-6(2)7(8(12)13-3)14-9-10-4-5-11-9/h4-7H,1-3H3,(H,10,11). The maximum Gasteiger partial charge on any atom is 0.319 e. The van der Waals surface area contributed by atoms with Crippen LogP contribution in [0.5, 0.6) is 0 Å². The van der Waals surface area contributed by atoms with Gasteiger partial charge in [0.15, 0.2) is 5.16 Å². The Morgan fingerprint density at radius 1 is 1.64 bits per heavy atom. The van der Waals surface area contributed by atoms with Crippen molar-refractivity contribution in [3.8, 4) is 0 Å². The molecule has 78 valence electrons. The quantitative estimate of drug-likeness (QED) is 0.612. The molecule has 1 N–H and O–H groups in total. The van der Waals surface area contributed by atoms with Crippen molar-refractivity contribution in [3.05, 3.63) is 12.4 Å². The first-order valence-corrected chi connectivity index (χ1v) is 5.27. The second kappa shape index (κ2) is 5.05. The average molecular weight is 214 g/mol. The number of aromatic nitrogens is 2. The van der Waals surface area contributed by atoms with Gasteiger partial charge in [0, 0.05) is 12.4 Å². The molecule has 1 unspecified atom stereocenters. The number of hydrogen-bond donors (Lipinski definition) is 1. The van der Waals surface area contributed by atoms with Crippen molar-refractivity contribution in [2.45, 2.75) is 24.3 Å². The summed E-state index contributed by atoms with van der Waals surface area (Å²) in [6.45, 7) is 3.97. The van der Waals surface area contributed by atoms with Gasteiger partial charge in [-0.3, -0.25) is 4.79 Å². The Morgan fingerprint density at radius 2 is 2.36 bits per heavy atom. The molecule has 0 saturated heterocycles. The van der Waals surface area contributed by atoms with Crippen molar-refractivity contribution >= 4 is 17.7 Å². The number of imidazole rings is 1. The van der Waals surface area contributed by atoms with Gasteiger partial charge in [0.1, 0.15) is 5.25 Å². The third kappa shape index (κ3) is 2.77. The molecule has 1 atom stereocenters. The zero-order chi connectivity index (χ0) is 10.6. The van der Waals surface area contributed by atoms with E-state index in [9.17, 15) is 4.79 Å². The number of carbonyl (C=O) groups excluding carboxylic acids is 1. The number of ether oxygens (including phenoxy) is 1. The Kier molecular flexibility index (Phi) is 4.00. The molecule has 4 nitrogen and oxygen atoms in total. The molecule has 1 heterocycles. The van der Waals surface area contributed by atoms with E-state index in [1.54, 1.807) is 12.4 Å². The van der Waals surface area contributed by atoms with Gasteiger partial charge in [0.25, 0.3) is 0 Å². The van der Waals surface area contributed by atoms with Crippen LogP contribution >= 0.6 is 11.8 Å². The lowest BCUT2D eigenvalue weighted by Crippen LogP contribution is -2.24. The van der Waals surface area contributed by atoms with Gasteiger partial charge in [-0.25, -0.2) is 4.98 Å². The maximum atomic E-state index is 11.4. The number of nitrogens with zero attached hydrogens (tertiary/aromatic N) is 1. The summed E-state index contributed by atoms with van der Waals surface area (Å²) in [5.41, 5.74) is 0. The highest BCUT2D eigenvalue weighted by molar-refractivity contribution is 8.00. The van der Waals surface area contributed by atoms with Crippen molar-refractivity contribution < 1.29 is 9.53 Å². The highest BCUT2D eigenvalue weighted by Gasteiger charge is 2.24. The molecule has 1 aromatic rings. The van der Waals surface area contributed by atoms with Crippen LogP contribution in [0.2, 0.25) is 0 Å². The van der Waals surface area contributed by atoms with Crippen LogP contribution in [0.1, 0.15) is 13.8 Å². The van der Waals surface area contributed by atoms with Crippen LogP contribution in [0, 0.1) is 5.92 Å². The number of esters is 1. The minimum atomic E-state index is -0.207. The Balaban J connectivity index is 2.65. The van der Waals surface area contributed by atoms with Gasteiger partial charge in [-0.2, -0.15) is 0 Å². The zero-order valence-corrected chi connectivity index (χ0v) is 9.30. The van der Waals surface area contributed by atoms with Crippen LogP contribution in [0.4, 0.5) is 0 Å². The van der Waals surface area contributed by atoms with E-state index >= 15 is 0 Å². The summed E-state index contributed by atoms with van der Waals surface area (Å²) in [5, 5.41) is 0.542. The normalized spacial score (nSPS) is 12.9. The van der Waals surface area contributed by atoms with E-state index in [0.717, 1.165) is 5.16 Å². The first kappa shape index (κ1) is 11.1. The second-order valence-corrected chi connectivity index (χ2v) is 4.33. The number of thioether (sulfide) groups is 1. The summed E-state index contributed by atoms with van der Waals surface area (Å²) in [5.74, 6) is 0.0129. The van der Waals surface area contributed by atoms with Crippen LogP contribution in [0.15, 0.2) is 17.6 Å². The molecule has 0 spiro atoms. The minimum absolute atomic E-state index is 0.203. The summed E-state index contributed by atoms with van der Waals surface area (Å²) in [7, 11) is 1.40. The maximum absolute atomic E-state index is 11.4. The number of hydrogen-bond acceptors (Lipinski definition) is 4. The first-order valence-electron chi connectivity index (χ1n) is 4.39. The zero-order valence-electron chi connectivity index (χ0n) is 8.48. The third-order valence-electron chi connectivity index (χ3n) is 1.75. The van der Waals surface area contributed by atoms with E-state index in [1.165, 1.54) is 18.9 Å². The third-order valence-corrected chi connectivity index (χ3v) is 3.19. The monoisotopic (exact) mass is 214 g/mol. The predicted molar refractivity (Wildman–Crippen MR) is 55.1 cm³/mol. The number of carbonyl (C=O) groups is 1.